The average molecular weight is 883 g/mol. The lowest BCUT2D eigenvalue weighted by Gasteiger charge is -2.41. The maximum Gasteiger partial charge on any atom is 0.472 e. The van der Waals surface area contributed by atoms with Gasteiger partial charge in [0.2, 0.25) is 0 Å². The number of aliphatic hydroxyl groups is 5. The third kappa shape index (κ3) is 29.3. The fourth-order valence-electron chi connectivity index (χ4n) is 6.37. The summed E-state index contributed by atoms with van der Waals surface area (Å²) in [5.41, 5.74) is 0. The van der Waals surface area contributed by atoms with Crippen LogP contribution >= 0.6 is 7.82 Å². The summed E-state index contributed by atoms with van der Waals surface area (Å²) in [6.45, 7) is 3.11. The molecule has 8 atom stereocenters. The Morgan fingerprint density at radius 1 is 0.525 bits per heavy atom. The van der Waals surface area contributed by atoms with Gasteiger partial charge in [0.25, 0.3) is 0 Å². The Morgan fingerprint density at radius 2 is 0.951 bits per heavy atom. The lowest BCUT2D eigenvalue weighted by atomic mass is 9.85. The number of phosphoric acid groups is 1. The molecule has 0 bridgehead atoms. The third-order valence-electron chi connectivity index (χ3n) is 10.0. The van der Waals surface area contributed by atoms with Crippen molar-refractivity contribution >= 4 is 19.8 Å². The third-order valence-corrected chi connectivity index (χ3v) is 11.0. The molecule has 0 aromatic heterocycles. The number of esters is 2. The first-order valence-electron chi connectivity index (χ1n) is 22.7. The minimum atomic E-state index is -5.14. The summed E-state index contributed by atoms with van der Waals surface area (Å²) in [7, 11) is -5.14. The lowest BCUT2D eigenvalue weighted by molar-refractivity contribution is -0.220. The van der Waals surface area contributed by atoms with Gasteiger partial charge in [-0.15, -0.1) is 0 Å². The van der Waals surface area contributed by atoms with E-state index in [2.05, 4.69) is 74.6 Å². The van der Waals surface area contributed by atoms with Crippen molar-refractivity contribution in [3.63, 3.8) is 0 Å². The first-order chi connectivity index (χ1) is 29.4. The molecular weight excluding hydrogens is 803 g/mol. The van der Waals surface area contributed by atoms with Gasteiger partial charge in [-0.3, -0.25) is 18.6 Å². The van der Waals surface area contributed by atoms with Crippen molar-refractivity contribution in [1.82, 2.24) is 0 Å². The topological polar surface area (TPSA) is 210 Å². The largest absolute Gasteiger partial charge is 0.472 e. The van der Waals surface area contributed by atoms with E-state index in [0.717, 1.165) is 70.6 Å². The highest BCUT2D eigenvalue weighted by Gasteiger charge is 2.51. The summed E-state index contributed by atoms with van der Waals surface area (Å²) in [6.07, 6.45) is 32.5. The molecule has 350 valence electrons. The molecule has 1 aliphatic carbocycles. The molecule has 1 fully saturated rings. The molecule has 0 spiro atoms. The van der Waals surface area contributed by atoms with Gasteiger partial charge in [-0.1, -0.05) is 138 Å². The second-order valence-corrected chi connectivity index (χ2v) is 16.9. The van der Waals surface area contributed by atoms with Crippen molar-refractivity contribution in [3.8, 4) is 0 Å². The van der Waals surface area contributed by atoms with Crippen LogP contribution in [0.2, 0.25) is 0 Å². The molecule has 0 aromatic carbocycles. The average Bonchev–Trinajstić information content (AvgIpc) is 3.24. The van der Waals surface area contributed by atoms with E-state index in [-0.39, 0.29) is 12.8 Å². The number of carbonyl (C=O) groups is 2. The molecule has 0 heterocycles. The zero-order valence-corrected chi connectivity index (χ0v) is 37.8. The fourth-order valence-corrected chi connectivity index (χ4v) is 7.35. The second-order valence-electron chi connectivity index (χ2n) is 15.5. The first-order valence-corrected chi connectivity index (χ1v) is 24.2. The van der Waals surface area contributed by atoms with Crippen LogP contribution in [0.15, 0.2) is 72.9 Å². The van der Waals surface area contributed by atoms with E-state index in [0.29, 0.717) is 19.3 Å². The Bertz CT molecular complexity index is 1340. The van der Waals surface area contributed by atoms with E-state index in [4.69, 9.17) is 18.5 Å². The zero-order valence-electron chi connectivity index (χ0n) is 36.9. The van der Waals surface area contributed by atoms with Crippen molar-refractivity contribution < 1.29 is 63.1 Å². The molecule has 61 heavy (non-hydrogen) atoms. The highest BCUT2D eigenvalue weighted by Crippen LogP contribution is 2.47. The number of ether oxygens (including phenoxy) is 2. The standard InChI is InChI=1S/C47H79O13P/c1-3-5-7-9-11-13-15-17-19-20-22-23-25-27-29-31-33-35-40(48)57-37-39(38-58-61(55,56)60-47-45(53)43(51)42(50)44(52)46(47)54)59-41(49)36-34-32-30-28-26-24-21-18-16-14-12-10-8-6-4-2/h6,8,12,14,17-19,21-23,27,29,39,42-47,50-54H,3-5,7,9-11,13,15-16,20,24-26,28,30-38H2,1-2H3,(H,55,56)/b8-6+,14-12+,19-17+,21-18+,23-22+,29-27+/t39-,42?,43-,44?,45?,46?,47?/m0/s1. The quantitative estimate of drug-likeness (QED) is 0.0151. The van der Waals surface area contributed by atoms with E-state index >= 15 is 0 Å². The highest BCUT2D eigenvalue weighted by molar-refractivity contribution is 7.47. The maximum absolute atomic E-state index is 12.8. The minimum Gasteiger partial charge on any atom is -0.462 e. The predicted molar refractivity (Wildman–Crippen MR) is 239 cm³/mol. The summed E-state index contributed by atoms with van der Waals surface area (Å²) < 4.78 is 33.4. The summed E-state index contributed by atoms with van der Waals surface area (Å²) >= 11 is 0. The van der Waals surface area contributed by atoms with Gasteiger partial charge in [0, 0.05) is 12.8 Å². The molecular formula is C47H79O13P. The second kappa shape index (κ2) is 36.7. The molecule has 0 radical (unpaired) electrons. The number of hydrogen-bond donors (Lipinski definition) is 6. The number of rotatable bonds is 36. The Morgan fingerprint density at radius 3 is 1.48 bits per heavy atom. The van der Waals surface area contributed by atoms with Gasteiger partial charge >= 0.3 is 19.8 Å². The van der Waals surface area contributed by atoms with E-state index < -0.39 is 75.7 Å². The molecule has 0 aliphatic heterocycles. The van der Waals surface area contributed by atoms with E-state index in [9.17, 15) is 44.6 Å². The SMILES string of the molecule is CC/C=C/C/C=C/C/C=C/CCCCCCCC(=O)O[C@@H](COC(=O)CCC/C=C/C/C=C/C/C=C/CCCCCCCC)COP(=O)(O)OC1C(O)C(O)C(O)[C@H](O)C1O. The molecule has 14 heteroatoms. The first kappa shape index (κ1) is 56.3. The Labute approximate surface area is 365 Å². The molecule has 1 rings (SSSR count). The lowest BCUT2D eigenvalue weighted by Crippen LogP contribution is -2.64. The van der Waals surface area contributed by atoms with Gasteiger partial charge in [-0.2, -0.15) is 0 Å². The minimum absolute atomic E-state index is 0.0630. The van der Waals surface area contributed by atoms with E-state index in [1.165, 1.54) is 38.5 Å². The number of hydrogen-bond acceptors (Lipinski definition) is 12. The van der Waals surface area contributed by atoms with Crippen molar-refractivity contribution in [3.05, 3.63) is 72.9 Å². The van der Waals surface area contributed by atoms with Gasteiger partial charge < -0.3 is 39.9 Å². The Kier molecular flexibility index (Phi) is 33.9. The molecule has 1 aliphatic rings. The van der Waals surface area contributed by atoms with Crippen molar-refractivity contribution in [2.75, 3.05) is 13.2 Å². The summed E-state index contributed by atoms with van der Waals surface area (Å²) in [4.78, 5) is 35.6. The van der Waals surface area contributed by atoms with Gasteiger partial charge in [-0.25, -0.2) is 4.57 Å². The monoisotopic (exact) mass is 883 g/mol. The van der Waals surface area contributed by atoms with Crippen LogP contribution in [-0.4, -0.2) is 98.3 Å². The summed E-state index contributed by atoms with van der Waals surface area (Å²) in [6, 6.07) is 0. The normalized spacial score (nSPS) is 22.7. The Hall–Kier alpha value is -2.71. The smallest absolute Gasteiger partial charge is 0.462 e. The van der Waals surface area contributed by atoms with Crippen LogP contribution in [-0.2, 0) is 32.7 Å². The number of allylic oxidation sites excluding steroid dienone is 12. The van der Waals surface area contributed by atoms with Crippen LogP contribution in [0.4, 0.5) is 0 Å². The Balaban J connectivity index is 2.52. The predicted octanol–water partition coefficient (Wildman–Crippen LogP) is 8.72. The van der Waals surface area contributed by atoms with Crippen molar-refractivity contribution in [2.45, 2.75) is 198 Å². The molecule has 0 saturated heterocycles. The molecule has 13 nitrogen and oxygen atoms in total. The summed E-state index contributed by atoms with van der Waals surface area (Å²) in [5, 5.41) is 50.1. The zero-order chi connectivity index (χ0) is 45.0. The number of phosphoric ester groups is 1. The van der Waals surface area contributed by atoms with Crippen LogP contribution in [0.3, 0.4) is 0 Å². The van der Waals surface area contributed by atoms with Crippen LogP contribution in [0.1, 0.15) is 155 Å². The van der Waals surface area contributed by atoms with Crippen LogP contribution in [0.25, 0.3) is 0 Å². The van der Waals surface area contributed by atoms with Crippen LogP contribution in [0.5, 0.6) is 0 Å². The number of unbranched alkanes of at least 4 members (excludes halogenated alkanes) is 12. The van der Waals surface area contributed by atoms with Crippen molar-refractivity contribution in [2.24, 2.45) is 0 Å². The van der Waals surface area contributed by atoms with E-state index in [1.807, 2.05) is 12.2 Å². The molecule has 0 amide bonds. The maximum atomic E-state index is 12.8. The molecule has 6 unspecified atom stereocenters. The van der Waals surface area contributed by atoms with Gasteiger partial charge in [0.1, 0.15) is 43.2 Å². The van der Waals surface area contributed by atoms with Gasteiger partial charge in [-0.05, 0) is 77.0 Å². The summed E-state index contributed by atoms with van der Waals surface area (Å²) in [5.74, 6) is -1.19. The van der Waals surface area contributed by atoms with Crippen LogP contribution in [0, 0.1) is 0 Å². The fraction of sp³-hybridized carbons (Fsp3) is 0.702. The van der Waals surface area contributed by atoms with Gasteiger partial charge in [0.05, 0.1) is 6.61 Å². The van der Waals surface area contributed by atoms with Crippen molar-refractivity contribution in [1.29, 1.82) is 0 Å². The molecule has 0 aromatic rings. The van der Waals surface area contributed by atoms with E-state index in [1.54, 1.807) is 0 Å². The number of aliphatic hydroxyl groups excluding tert-OH is 5. The van der Waals surface area contributed by atoms with Gasteiger partial charge in [0.15, 0.2) is 6.10 Å². The van der Waals surface area contributed by atoms with Crippen LogP contribution < -0.4 is 0 Å². The number of carbonyl (C=O) groups excluding carboxylic acids is 2. The highest BCUT2D eigenvalue weighted by atomic mass is 31.2. The molecule has 6 N–H and O–H groups in total. The molecule has 1 saturated carbocycles.